The van der Waals surface area contributed by atoms with E-state index in [0.717, 1.165) is 16.8 Å². The SMILES string of the molecule is O=C(Cc1c(F)cccc1Cl)NCc1ccnc(-c2ccncc2)c1. The van der Waals surface area contributed by atoms with Crippen LogP contribution in [0.5, 0.6) is 0 Å². The monoisotopic (exact) mass is 355 g/mol. The van der Waals surface area contributed by atoms with E-state index in [0.29, 0.717) is 6.54 Å². The first kappa shape index (κ1) is 17.0. The lowest BCUT2D eigenvalue weighted by atomic mass is 10.1. The van der Waals surface area contributed by atoms with Crippen LogP contribution in [-0.2, 0) is 17.8 Å². The van der Waals surface area contributed by atoms with E-state index in [2.05, 4.69) is 15.3 Å². The highest BCUT2D eigenvalue weighted by molar-refractivity contribution is 6.31. The second-order valence-electron chi connectivity index (χ2n) is 5.44. The first-order valence-corrected chi connectivity index (χ1v) is 8.06. The van der Waals surface area contributed by atoms with E-state index in [9.17, 15) is 9.18 Å². The molecule has 1 N–H and O–H groups in total. The number of rotatable bonds is 5. The van der Waals surface area contributed by atoms with Crippen molar-refractivity contribution in [2.24, 2.45) is 0 Å². The Balaban J connectivity index is 1.65. The summed E-state index contributed by atoms with van der Waals surface area (Å²) in [6.07, 6.45) is 4.98. The highest BCUT2D eigenvalue weighted by Gasteiger charge is 2.11. The minimum atomic E-state index is -0.480. The minimum Gasteiger partial charge on any atom is -0.352 e. The zero-order chi connectivity index (χ0) is 17.6. The van der Waals surface area contributed by atoms with Crippen molar-refractivity contribution >= 4 is 17.5 Å². The first-order valence-electron chi connectivity index (χ1n) is 7.68. The maximum atomic E-state index is 13.7. The highest BCUT2D eigenvalue weighted by atomic mass is 35.5. The molecule has 4 nitrogen and oxygen atoms in total. The number of pyridine rings is 2. The number of amides is 1. The summed E-state index contributed by atoms with van der Waals surface area (Å²) in [6, 6.07) is 11.8. The van der Waals surface area contributed by atoms with E-state index < -0.39 is 5.82 Å². The van der Waals surface area contributed by atoms with Gasteiger partial charge in [-0.05, 0) is 42.0 Å². The molecule has 2 heterocycles. The minimum absolute atomic E-state index is 0.103. The Hall–Kier alpha value is -2.79. The third-order valence-electron chi connectivity index (χ3n) is 3.69. The van der Waals surface area contributed by atoms with Gasteiger partial charge in [0.15, 0.2) is 0 Å². The van der Waals surface area contributed by atoms with E-state index >= 15 is 0 Å². The molecular formula is C19H15ClFN3O. The lowest BCUT2D eigenvalue weighted by Crippen LogP contribution is -2.25. The van der Waals surface area contributed by atoms with Crippen LogP contribution >= 0.6 is 11.6 Å². The largest absolute Gasteiger partial charge is 0.352 e. The lowest BCUT2D eigenvalue weighted by molar-refractivity contribution is -0.120. The first-order chi connectivity index (χ1) is 12.1. The van der Waals surface area contributed by atoms with E-state index in [-0.39, 0.29) is 22.9 Å². The number of carbonyl (C=O) groups is 1. The Kier molecular flexibility index (Phi) is 5.36. The third kappa shape index (κ3) is 4.39. The van der Waals surface area contributed by atoms with E-state index in [1.165, 1.54) is 12.1 Å². The van der Waals surface area contributed by atoms with Gasteiger partial charge in [-0.3, -0.25) is 14.8 Å². The average Bonchev–Trinajstić information content (AvgIpc) is 2.64. The summed E-state index contributed by atoms with van der Waals surface area (Å²) in [6.45, 7) is 0.325. The fraction of sp³-hybridized carbons (Fsp3) is 0.105. The van der Waals surface area contributed by atoms with Gasteiger partial charge in [-0.2, -0.15) is 0 Å². The second-order valence-corrected chi connectivity index (χ2v) is 5.85. The molecule has 126 valence electrons. The third-order valence-corrected chi connectivity index (χ3v) is 4.04. The second kappa shape index (κ2) is 7.85. The molecule has 6 heteroatoms. The Morgan fingerprint density at radius 3 is 2.68 bits per heavy atom. The Morgan fingerprint density at radius 1 is 1.12 bits per heavy atom. The zero-order valence-corrected chi connectivity index (χ0v) is 14.0. The van der Waals surface area contributed by atoms with Crippen LogP contribution < -0.4 is 5.32 Å². The molecule has 3 rings (SSSR count). The smallest absolute Gasteiger partial charge is 0.224 e. The molecule has 0 fully saturated rings. The Labute approximate surface area is 149 Å². The maximum absolute atomic E-state index is 13.7. The van der Waals surface area contributed by atoms with Crippen LogP contribution in [0.2, 0.25) is 5.02 Å². The highest BCUT2D eigenvalue weighted by Crippen LogP contribution is 2.20. The molecule has 0 aliphatic rings. The number of carbonyl (C=O) groups excluding carboxylic acids is 1. The van der Waals surface area contributed by atoms with Crippen LogP contribution in [0.15, 0.2) is 61.1 Å². The van der Waals surface area contributed by atoms with Gasteiger partial charge in [0.05, 0.1) is 12.1 Å². The van der Waals surface area contributed by atoms with Gasteiger partial charge < -0.3 is 5.32 Å². The molecule has 0 saturated carbocycles. The molecule has 0 spiro atoms. The number of hydrogen-bond donors (Lipinski definition) is 1. The molecular weight excluding hydrogens is 341 g/mol. The Bertz CT molecular complexity index is 867. The van der Waals surface area contributed by atoms with Gasteiger partial charge in [0.2, 0.25) is 5.91 Å². The predicted molar refractivity (Wildman–Crippen MR) is 94.4 cm³/mol. The van der Waals surface area contributed by atoms with Gasteiger partial charge in [0, 0.05) is 41.3 Å². The van der Waals surface area contributed by atoms with Crippen LogP contribution in [-0.4, -0.2) is 15.9 Å². The van der Waals surface area contributed by atoms with Crippen LogP contribution in [0.1, 0.15) is 11.1 Å². The summed E-state index contributed by atoms with van der Waals surface area (Å²) < 4.78 is 13.7. The van der Waals surface area contributed by atoms with Crippen molar-refractivity contribution in [2.75, 3.05) is 0 Å². The van der Waals surface area contributed by atoms with Crippen molar-refractivity contribution in [1.29, 1.82) is 0 Å². The molecule has 3 aromatic rings. The number of nitrogens with one attached hydrogen (secondary N) is 1. The molecule has 0 atom stereocenters. The van der Waals surface area contributed by atoms with Crippen molar-refractivity contribution in [3.05, 3.63) is 83.0 Å². The topological polar surface area (TPSA) is 54.9 Å². The summed E-state index contributed by atoms with van der Waals surface area (Å²) in [7, 11) is 0. The number of benzene rings is 1. The molecule has 0 saturated heterocycles. The molecule has 0 unspecified atom stereocenters. The number of halogens is 2. The molecule has 25 heavy (non-hydrogen) atoms. The number of hydrogen-bond acceptors (Lipinski definition) is 3. The summed E-state index contributed by atoms with van der Waals surface area (Å²) in [4.78, 5) is 20.4. The van der Waals surface area contributed by atoms with Gasteiger partial charge in [-0.25, -0.2) is 4.39 Å². The van der Waals surface area contributed by atoms with Crippen LogP contribution in [0.3, 0.4) is 0 Å². The molecule has 1 aromatic carbocycles. The maximum Gasteiger partial charge on any atom is 0.224 e. The molecule has 0 radical (unpaired) electrons. The van der Waals surface area contributed by atoms with Crippen molar-refractivity contribution in [2.45, 2.75) is 13.0 Å². The predicted octanol–water partition coefficient (Wildman–Crippen LogP) is 3.80. The normalized spacial score (nSPS) is 10.5. The van der Waals surface area contributed by atoms with Gasteiger partial charge in [-0.1, -0.05) is 17.7 Å². The Morgan fingerprint density at radius 2 is 1.92 bits per heavy atom. The lowest BCUT2D eigenvalue weighted by Gasteiger charge is -2.08. The molecule has 0 aliphatic heterocycles. The standard InChI is InChI=1S/C19H15ClFN3O/c20-16-2-1-3-17(21)15(16)11-19(25)24-12-13-4-9-23-18(10-13)14-5-7-22-8-6-14/h1-10H,11-12H2,(H,24,25). The molecule has 2 aromatic heterocycles. The fourth-order valence-electron chi connectivity index (χ4n) is 2.39. The molecule has 1 amide bonds. The van der Waals surface area contributed by atoms with Gasteiger partial charge in [0.25, 0.3) is 0 Å². The summed E-state index contributed by atoms with van der Waals surface area (Å²) in [5, 5.41) is 3.03. The van der Waals surface area contributed by atoms with E-state index in [1.54, 1.807) is 24.7 Å². The van der Waals surface area contributed by atoms with Crippen molar-refractivity contribution in [1.82, 2.24) is 15.3 Å². The van der Waals surface area contributed by atoms with E-state index in [4.69, 9.17) is 11.6 Å². The fourth-order valence-corrected chi connectivity index (χ4v) is 2.62. The van der Waals surface area contributed by atoms with Gasteiger partial charge in [0.1, 0.15) is 5.82 Å². The van der Waals surface area contributed by atoms with Crippen molar-refractivity contribution < 1.29 is 9.18 Å². The summed E-state index contributed by atoms with van der Waals surface area (Å²) in [5.74, 6) is -0.777. The zero-order valence-electron chi connectivity index (χ0n) is 13.2. The van der Waals surface area contributed by atoms with Crippen molar-refractivity contribution in [3.63, 3.8) is 0 Å². The number of aromatic nitrogens is 2. The van der Waals surface area contributed by atoms with E-state index in [1.807, 2.05) is 24.3 Å². The van der Waals surface area contributed by atoms with Crippen LogP contribution in [0, 0.1) is 5.82 Å². The number of nitrogens with zero attached hydrogens (tertiary/aromatic N) is 2. The summed E-state index contributed by atoms with van der Waals surface area (Å²) >= 11 is 5.95. The van der Waals surface area contributed by atoms with Crippen LogP contribution in [0.25, 0.3) is 11.3 Å². The van der Waals surface area contributed by atoms with Crippen molar-refractivity contribution in [3.8, 4) is 11.3 Å². The molecule has 0 aliphatic carbocycles. The average molecular weight is 356 g/mol. The van der Waals surface area contributed by atoms with Gasteiger partial charge in [-0.15, -0.1) is 0 Å². The molecule has 0 bridgehead atoms. The summed E-state index contributed by atoms with van der Waals surface area (Å²) in [5.41, 5.74) is 2.84. The van der Waals surface area contributed by atoms with Crippen LogP contribution in [0.4, 0.5) is 4.39 Å². The van der Waals surface area contributed by atoms with Gasteiger partial charge >= 0.3 is 0 Å². The quantitative estimate of drug-likeness (QED) is 0.757.